The van der Waals surface area contributed by atoms with Gasteiger partial charge in [-0.2, -0.15) is 0 Å². The molecule has 0 aliphatic heterocycles. The number of hydrogen-bond acceptors (Lipinski definition) is 5. The highest BCUT2D eigenvalue weighted by Gasteiger charge is 2.30. The topological polar surface area (TPSA) is 54.5 Å². The van der Waals surface area contributed by atoms with Gasteiger partial charge in [0, 0.05) is 36.2 Å². The van der Waals surface area contributed by atoms with Gasteiger partial charge in [0.25, 0.3) is 0 Å². The lowest BCUT2D eigenvalue weighted by Crippen LogP contribution is -2.50. The van der Waals surface area contributed by atoms with Crippen molar-refractivity contribution in [3.63, 3.8) is 0 Å². The van der Waals surface area contributed by atoms with Gasteiger partial charge in [0.15, 0.2) is 0 Å². The van der Waals surface area contributed by atoms with E-state index in [1.807, 2.05) is 54.7 Å². The monoisotopic (exact) mass is 327 g/mol. The molecule has 0 fully saturated rings. The van der Waals surface area contributed by atoms with Gasteiger partial charge in [0.1, 0.15) is 5.60 Å². The van der Waals surface area contributed by atoms with E-state index in [-0.39, 0.29) is 11.6 Å². The second kappa shape index (κ2) is 7.42. The van der Waals surface area contributed by atoms with Crippen LogP contribution in [0.15, 0.2) is 6.20 Å². The first-order valence-electron chi connectivity index (χ1n) is 7.62. The number of carbonyl (C=O) groups excluding carboxylic acids is 1. The van der Waals surface area contributed by atoms with Crippen LogP contribution in [0.3, 0.4) is 0 Å². The van der Waals surface area contributed by atoms with Gasteiger partial charge in [-0.05, 0) is 48.5 Å². The van der Waals surface area contributed by atoms with E-state index in [0.717, 1.165) is 11.6 Å². The van der Waals surface area contributed by atoms with Crippen LogP contribution in [0.4, 0.5) is 4.79 Å². The van der Waals surface area contributed by atoms with Crippen molar-refractivity contribution in [2.75, 3.05) is 13.1 Å². The molecule has 1 rings (SSSR count). The maximum Gasteiger partial charge on any atom is 0.410 e. The van der Waals surface area contributed by atoms with E-state index < -0.39 is 5.60 Å². The van der Waals surface area contributed by atoms with Gasteiger partial charge < -0.3 is 15.0 Å². The Balaban J connectivity index is 2.50. The number of carbonyl (C=O) groups is 1. The average molecular weight is 327 g/mol. The molecule has 0 radical (unpaired) electrons. The molecule has 22 heavy (non-hydrogen) atoms. The van der Waals surface area contributed by atoms with Gasteiger partial charge in [-0.25, -0.2) is 9.78 Å². The predicted molar refractivity (Wildman–Crippen MR) is 91.3 cm³/mol. The van der Waals surface area contributed by atoms with Crippen LogP contribution < -0.4 is 5.32 Å². The molecule has 1 aromatic rings. The van der Waals surface area contributed by atoms with E-state index >= 15 is 0 Å². The first-order valence-corrected chi connectivity index (χ1v) is 8.43. The van der Waals surface area contributed by atoms with Crippen molar-refractivity contribution in [2.45, 2.75) is 66.2 Å². The summed E-state index contributed by atoms with van der Waals surface area (Å²) in [6.07, 6.45) is 1.62. The fourth-order valence-electron chi connectivity index (χ4n) is 1.91. The molecule has 0 unspecified atom stereocenters. The molecular formula is C16H29N3O2S. The molecule has 0 aromatic carbocycles. The highest BCUT2D eigenvalue weighted by Crippen LogP contribution is 2.18. The summed E-state index contributed by atoms with van der Waals surface area (Å²) in [7, 11) is 0. The zero-order chi connectivity index (χ0) is 17.0. The molecule has 5 nitrogen and oxygen atoms in total. The van der Waals surface area contributed by atoms with Crippen molar-refractivity contribution in [1.29, 1.82) is 0 Å². The fraction of sp³-hybridized carbons (Fsp3) is 0.750. The Morgan fingerprint density at radius 3 is 2.41 bits per heavy atom. The molecule has 1 N–H and O–H groups in total. The molecular weight excluding hydrogens is 298 g/mol. The minimum atomic E-state index is -0.478. The van der Waals surface area contributed by atoms with Crippen LogP contribution in [0.5, 0.6) is 0 Å². The quantitative estimate of drug-likeness (QED) is 0.840. The first-order chi connectivity index (χ1) is 9.99. The molecule has 0 saturated carbocycles. The van der Waals surface area contributed by atoms with E-state index in [9.17, 15) is 4.79 Å². The molecule has 1 heterocycles. The highest BCUT2D eigenvalue weighted by atomic mass is 32.1. The van der Waals surface area contributed by atoms with Crippen LogP contribution in [0, 0.1) is 6.92 Å². The molecule has 0 aliphatic carbocycles. The van der Waals surface area contributed by atoms with Gasteiger partial charge in [0.2, 0.25) is 0 Å². The summed E-state index contributed by atoms with van der Waals surface area (Å²) in [5.41, 5.74) is -0.751. The summed E-state index contributed by atoms with van der Waals surface area (Å²) in [6.45, 7) is 15.8. The molecule has 0 spiro atoms. The van der Waals surface area contributed by atoms with Crippen LogP contribution in [0.1, 0.15) is 51.4 Å². The Kier molecular flexibility index (Phi) is 6.38. The van der Waals surface area contributed by atoms with Crippen molar-refractivity contribution in [1.82, 2.24) is 15.2 Å². The molecule has 0 bridgehead atoms. The van der Waals surface area contributed by atoms with Gasteiger partial charge in [-0.1, -0.05) is 0 Å². The minimum absolute atomic E-state index is 0.268. The molecule has 126 valence electrons. The fourth-order valence-corrected chi connectivity index (χ4v) is 2.67. The van der Waals surface area contributed by atoms with Gasteiger partial charge >= 0.3 is 6.09 Å². The summed E-state index contributed by atoms with van der Waals surface area (Å²) in [5.74, 6) is 0. The maximum atomic E-state index is 12.3. The predicted octanol–water partition coefficient (Wildman–Crippen LogP) is 3.58. The summed E-state index contributed by atoms with van der Waals surface area (Å²) >= 11 is 1.69. The van der Waals surface area contributed by atoms with Gasteiger partial charge in [-0.15, -0.1) is 11.3 Å². The second-order valence-corrected chi connectivity index (χ2v) is 8.64. The number of aryl methyl sites for hydroxylation is 1. The van der Waals surface area contributed by atoms with Crippen molar-refractivity contribution in [2.24, 2.45) is 0 Å². The number of nitrogens with one attached hydrogen (secondary N) is 1. The number of rotatable bonds is 5. The lowest BCUT2D eigenvalue weighted by molar-refractivity contribution is 0.00664. The lowest BCUT2D eigenvalue weighted by Gasteiger charge is -2.36. The number of amides is 1. The zero-order valence-corrected chi connectivity index (χ0v) is 15.6. The maximum absolute atomic E-state index is 12.3. The van der Waals surface area contributed by atoms with Crippen molar-refractivity contribution in [3.05, 3.63) is 16.1 Å². The summed E-state index contributed by atoms with van der Waals surface area (Å²) < 4.78 is 5.50. The first kappa shape index (κ1) is 18.9. The van der Waals surface area contributed by atoms with Crippen LogP contribution in [0.2, 0.25) is 0 Å². The number of nitrogens with zero attached hydrogens (tertiary/aromatic N) is 2. The Hall–Kier alpha value is -1.14. The van der Waals surface area contributed by atoms with E-state index in [2.05, 4.69) is 10.3 Å². The summed E-state index contributed by atoms with van der Waals surface area (Å²) in [6, 6.07) is 0. The van der Waals surface area contributed by atoms with Crippen molar-refractivity contribution >= 4 is 17.4 Å². The molecule has 1 aromatic heterocycles. The van der Waals surface area contributed by atoms with Crippen LogP contribution >= 0.6 is 11.3 Å². The second-order valence-electron chi connectivity index (χ2n) is 7.33. The van der Waals surface area contributed by atoms with E-state index in [4.69, 9.17) is 4.74 Å². The minimum Gasteiger partial charge on any atom is -0.444 e. The smallest absolute Gasteiger partial charge is 0.410 e. The van der Waals surface area contributed by atoms with Gasteiger partial charge in [0.05, 0.1) is 5.01 Å². The van der Waals surface area contributed by atoms with Crippen molar-refractivity contribution < 1.29 is 9.53 Å². The Bertz CT molecular complexity index is 486. The molecule has 6 heteroatoms. The number of thiazole rings is 1. The SMILES string of the molecule is Cc1ncc(CNCCN(C(=O)OC(C)(C)C)C(C)(C)C)s1. The van der Waals surface area contributed by atoms with Crippen LogP contribution in [-0.2, 0) is 11.3 Å². The standard InChI is InChI=1S/C16H29N3O2S/c1-12-18-11-13(22-12)10-17-8-9-19(15(2,3)4)14(20)21-16(5,6)7/h11,17H,8-10H2,1-7H3. The molecule has 1 amide bonds. The Morgan fingerprint density at radius 2 is 1.95 bits per heavy atom. The molecule has 0 saturated heterocycles. The number of ether oxygens (including phenoxy) is 1. The normalized spacial score (nSPS) is 12.3. The van der Waals surface area contributed by atoms with E-state index in [0.29, 0.717) is 13.1 Å². The third kappa shape index (κ3) is 6.75. The summed E-state index contributed by atoms with van der Waals surface area (Å²) in [5, 5.41) is 4.43. The third-order valence-electron chi connectivity index (χ3n) is 2.90. The van der Waals surface area contributed by atoms with Crippen LogP contribution in [0.25, 0.3) is 0 Å². The number of aromatic nitrogens is 1. The van der Waals surface area contributed by atoms with Crippen molar-refractivity contribution in [3.8, 4) is 0 Å². The van der Waals surface area contributed by atoms with E-state index in [1.54, 1.807) is 16.2 Å². The number of hydrogen-bond donors (Lipinski definition) is 1. The Morgan fingerprint density at radius 1 is 1.32 bits per heavy atom. The molecule has 0 aliphatic rings. The lowest BCUT2D eigenvalue weighted by atomic mass is 10.1. The summed E-state index contributed by atoms with van der Waals surface area (Å²) in [4.78, 5) is 19.5. The zero-order valence-electron chi connectivity index (χ0n) is 14.8. The molecule has 0 atom stereocenters. The average Bonchev–Trinajstić information content (AvgIpc) is 2.70. The largest absolute Gasteiger partial charge is 0.444 e. The van der Waals surface area contributed by atoms with Gasteiger partial charge in [-0.3, -0.25) is 0 Å². The van der Waals surface area contributed by atoms with E-state index in [1.165, 1.54) is 4.88 Å². The third-order valence-corrected chi connectivity index (χ3v) is 3.82. The van der Waals surface area contributed by atoms with Crippen LogP contribution in [-0.4, -0.2) is 40.2 Å². The highest BCUT2D eigenvalue weighted by molar-refractivity contribution is 7.11. The Labute approximate surface area is 138 Å².